The van der Waals surface area contributed by atoms with Crippen LogP contribution < -0.4 is 0 Å². The topological polar surface area (TPSA) is 9.86 Å². The minimum absolute atomic E-state index is 1.16. The maximum atomic E-state index is 2.47. The van der Waals surface area contributed by atoms with Crippen molar-refractivity contribution in [3.63, 3.8) is 0 Å². The van der Waals surface area contributed by atoms with Crippen LogP contribution in [0.1, 0.15) is 0 Å². The Labute approximate surface area is 266 Å². The lowest BCUT2D eigenvalue weighted by atomic mass is 9.88. The Balaban J connectivity index is 1.57. The molecule has 0 saturated carbocycles. The van der Waals surface area contributed by atoms with Gasteiger partial charge in [-0.25, -0.2) is 0 Å². The number of rotatable bonds is 3. The summed E-state index contributed by atoms with van der Waals surface area (Å²) in [5.74, 6) is 0. The molecule has 46 heavy (non-hydrogen) atoms. The first kappa shape index (κ1) is 25.2. The van der Waals surface area contributed by atoms with Gasteiger partial charge in [-0.15, -0.1) is 0 Å². The molecule has 0 aliphatic carbocycles. The molecule has 2 heterocycles. The molecule has 0 N–H and O–H groups in total. The highest BCUT2D eigenvalue weighted by atomic mass is 15.0. The number of hydrogen-bond donors (Lipinski definition) is 0. The molecule has 0 radical (unpaired) electrons. The Hall–Kier alpha value is -6.12. The summed E-state index contributed by atoms with van der Waals surface area (Å²) in [6.45, 7) is 0. The van der Waals surface area contributed by atoms with Gasteiger partial charge in [-0.05, 0) is 58.8 Å². The van der Waals surface area contributed by atoms with E-state index in [1.807, 2.05) is 0 Å². The molecule has 8 aromatic carbocycles. The maximum absolute atomic E-state index is 2.47. The van der Waals surface area contributed by atoms with Crippen LogP contribution >= 0.6 is 0 Å². The standard InChI is InChI=1S/C44H28N2/c1-4-16-29(17-5-1)40-41-34-24-12-14-26-37(34)45(30-18-6-2-7-19-30)39(41)28-36-32-22-10-11-23-33(32)44-43(42(36)40)35-25-13-15-27-38(35)46(44)31-20-8-3-9-21-31/h1-28H. The van der Waals surface area contributed by atoms with E-state index in [0.717, 1.165) is 5.69 Å². The molecule has 0 amide bonds. The number of para-hydroxylation sites is 4. The molecule has 0 bridgehead atoms. The van der Waals surface area contributed by atoms with Crippen LogP contribution in [0.3, 0.4) is 0 Å². The van der Waals surface area contributed by atoms with E-state index in [1.54, 1.807) is 0 Å². The van der Waals surface area contributed by atoms with Crippen LogP contribution in [-0.4, -0.2) is 9.13 Å². The second-order valence-corrected chi connectivity index (χ2v) is 12.1. The Bertz CT molecular complexity index is 2770. The van der Waals surface area contributed by atoms with Gasteiger partial charge in [0.1, 0.15) is 0 Å². The van der Waals surface area contributed by atoms with Gasteiger partial charge in [0.2, 0.25) is 0 Å². The van der Waals surface area contributed by atoms with Crippen molar-refractivity contribution in [2.24, 2.45) is 0 Å². The predicted molar refractivity (Wildman–Crippen MR) is 196 cm³/mol. The zero-order valence-corrected chi connectivity index (χ0v) is 25.1. The van der Waals surface area contributed by atoms with E-state index in [2.05, 4.69) is 179 Å². The molecular formula is C44H28N2. The van der Waals surface area contributed by atoms with Gasteiger partial charge in [-0.2, -0.15) is 0 Å². The lowest BCUT2D eigenvalue weighted by Crippen LogP contribution is -1.96. The quantitative estimate of drug-likeness (QED) is 0.183. The molecule has 0 fully saturated rings. The monoisotopic (exact) mass is 584 g/mol. The summed E-state index contributed by atoms with van der Waals surface area (Å²) in [7, 11) is 0. The molecule has 10 aromatic rings. The molecule has 0 atom stereocenters. The first-order valence-electron chi connectivity index (χ1n) is 15.9. The maximum Gasteiger partial charge on any atom is 0.0626 e. The molecule has 0 aliphatic rings. The zero-order valence-electron chi connectivity index (χ0n) is 25.1. The molecule has 2 nitrogen and oxygen atoms in total. The number of nitrogens with zero attached hydrogens (tertiary/aromatic N) is 2. The Kier molecular flexibility index (Phi) is 5.31. The lowest BCUT2D eigenvalue weighted by molar-refractivity contribution is 1.18. The van der Waals surface area contributed by atoms with E-state index in [9.17, 15) is 0 Å². The largest absolute Gasteiger partial charge is 0.309 e. The molecule has 0 aliphatic heterocycles. The van der Waals surface area contributed by atoms with Crippen molar-refractivity contribution >= 4 is 65.2 Å². The smallest absolute Gasteiger partial charge is 0.0626 e. The van der Waals surface area contributed by atoms with Crippen LogP contribution in [0.25, 0.3) is 87.7 Å². The summed E-state index contributed by atoms with van der Waals surface area (Å²) < 4.78 is 4.92. The third-order valence-corrected chi connectivity index (χ3v) is 9.65. The van der Waals surface area contributed by atoms with Crippen molar-refractivity contribution < 1.29 is 0 Å². The average Bonchev–Trinajstić information content (AvgIpc) is 3.65. The first-order chi connectivity index (χ1) is 22.9. The molecule has 0 saturated heterocycles. The van der Waals surface area contributed by atoms with E-state index in [0.29, 0.717) is 0 Å². The molecule has 2 aromatic heterocycles. The van der Waals surface area contributed by atoms with Crippen molar-refractivity contribution in [3.05, 3.63) is 170 Å². The van der Waals surface area contributed by atoms with Crippen molar-refractivity contribution in [3.8, 4) is 22.5 Å². The zero-order chi connectivity index (χ0) is 30.2. The van der Waals surface area contributed by atoms with Crippen LogP contribution in [0.2, 0.25) is 0 Å². The fourth-order valence-corrected chi connectivity index (χ4v) is 7.87. The van der Waals surface area contributed by atoms with Crippen molar-refractivity contribution in [1.82, 2.24) is 9.13 Å². The van der Waals surface area contributed by atoms with Crippen LogP contribution in [-0.2, 0) is 0 Å². The van der Waals surface area contributed by atoms with E-state index >= 15 is 0 Å². The van der Waals surface area contributed by atoms with E-state index in [1.165, 1.54) is 82.0 Å². The van der Waals surface area contributed by atoms with E-state index < -0.39 is 0 Å². The van der Waals surface area contributed by atoms with Gasteiger partial charge >= 0.3 is 0 Å². The van der Waals surface area contributed by atoms with E-state index in [4.69, 9.17) is 0 Å². The van der Waals surface area contributed by atoms with Crippen LogP contribution in [0.15, 0.2) is 170 Å². The third-order valence-electron chi connectivity index (χ3n) is 9.65. The van der Waals surface area contributed by atoms with Gasteiger partial charge in [-0.1, -0.05) is 127 Å². The Morgan fingerprint density at radius 2 is 0.783 bits per heavy atom. The summed E-state index contributed by atoms with van der Waals surface area (Å²) in [6.07, 6.45) is 0. The van der Waals surface area contributed by atoms with Crippen molar-refractivity contribution in [2.45, 2.75) is 0 Å². The van der Waals surface area contributed by atoms with Gasteiger partial charge in [-0.3, -0.25) is 0 Å². The van der Waals surface area contributed by atoms with Gasteiger partial charge in [0.15, 0.2) is 0 Å². The van der Waals surface area contributed by atoms with Crippen molar-refractivity contribution in [1.29, 1.82) is 0 Å². The summed E-state index contributed by atoms with van der Waals surface area (Å²) in [5.41, 5.74) is 9.73. The minimum atomic E-state index is 1.16. The summed E-state index contributed by atoms with van der Waals surface area (Å²) in [6, 6.07) is 61.8. The number of hydrogen-bond acceptors (Lipinski definition) is 0. The van der Waals surface area contributed by atoms with Crippen LogP contribution in [0.5, 0.6) is 0 Å². The van der Waals surface area contributed by atoms with Gasteiger partial charge in [0, 0.05) is 49.3 Å². The molecule has 2 heteroatoms. The number of aromatic nitrogens is 2. The highest BCUT2D eigenvalue weighted by Crippen LogP contribution is 2.50. The third kappa shape index (κ3) is 3.41. The SMILES string of the molecule is c1ccc(-c2c3c(cc4c2c2ccccc2n4-c2ccccc2)c2ccccc2c2c3c3ccccc3n2-c2ccccc2)cc1. The fraction of sp³-hybridized carbons (Fsp3) is 0. The molecule has 0 unspecified atom stereocenters. The summed E-state index contributed by atoms with van der Waals surface area (Å²) in [4.78, 5) is 0. The number of fused-ring (bicyclic) bond motifs is 11. The average molecular weight is 585 g/mol. The normalized spacial score (nSPS) is 11.9. The predicted octanol–water partition coefficient (Wildman–Crippen LogP) is 11.9. The lowest BCUT2D eigenvalue weighted by Gasteiger charge is -2.17. The highest BCUT2D eigenvalue weighted by molar-refractivity contribution is 6.38. The van der Waals surface area contributed by atoms with Crippen molar-refractivity contribution in [2.75, 3.05) is 0 Å². The van der Waals surface area contributed by atoms with Gasteiger partial charge in [0.05, 0.1) is 22.1 Å². The van der Waals surface area contributed by atoms with Gasteiger partial charge < -0.3 is 9.13 Å². The highest BCUT2D eigenvalue weighted by Gasteiger charge is 2.25. The number of benzene rings is 8. The molecular weight excluding hydrogens is 556 g/mol. The minimum Gasteiger partial charge on any atom is -0.309 e. The first-order valence-corrected chi connectivity index (χ1v) is 15.9. The Morgan fingerprint density at radius 3 is 1.43 bits per heavy atom. The molecule has 10 rings (SSSR count). The van der Waals surface area contributed by atoms with Crippen LogP contribution in [0.4, 0.5) is 0 Å². The van der Waals surface area contributed by atoms with E-state index in [-0.39, 0.29) is 0 Å². The molecule has 214 valence electrons. The fourth-order valence-electron chi connectivity index (χ4n) is 7.87. The Morgan fingerprint density at radius 1 is 0.304 bits per heavy atom. The second-order valence-electron chi connectivity index (χ2n) is 12.1. The summed E-state index contributed by atoms with van der Waals surface area (Å²) in [5, 5.41) is 10.2. The van der Waals surface area contributed by atoms with Gasteiger partial charge in [0.25, 0.3) is 0 Å². The molecule has 0 spiro atoms. The van der Waals surface area contributed by atoms with Crippen LogP contribution in [0, 0.1) is 0 Å². The second kappa shape index (κ2) is 9.69. The summed E-state index contributed by atoms with van der Waals surface area (Å²) >= 11 is 0.